The first-order valence-electron chi connectivity index (χ1n) is 6.23. The summed E-state index contributed by atoms with van der Waals surface area (Å²) in [5.41, 5.74) is 4.75. The van der Waals surface area contributed by atoms with Crippen molar-refractivity contribution in [1.82, 2.24) is 4.90 Å². The number of rotatable bonds is 0. The molecule has 0 amide bonds. The van der Waals surface area contributed by atoms with Crippen LogP contribution in [-0.4, -0.2) is 31.6 Å². The van der Waals surface area contributed by atoms with Crippen molar-refractivity contribution in [2.45, 2.75) is 25.2 Å². The summed E-state index contributed by atoms with van der Waals surface area (Å²) < 4.78 is 0. The molecule has 1 saturated heterocycles. The largest absolute Gasteiger partial charge is 0.384 e. The fourth-order valence-electron chi connectivity index (χ4n) is 3.10. The smallest absolute Gasteiger partial charge is 0.0379 e. The molecule has 2 heteroatoms. The van der Waals surface area contributed by atoms with Crippen molar-refractivity contribution in [2.75, 3.05) is 32.0 Å². The van der Waals surface area contributed by atoms with E-state index in [2.05, 4.69) is 42.4 Å². The van der Waals surface area contributed by atoms with Gasteiger partial charge in [-0.05, 0) is 51.5 Å². The molecule has 1 spiro atoms. The van der Waals surface area contributed by atoms with Crippen molar-refractivity contribution in [3.63, 3.8) is 0 Å². The lowest BCUT2D eigenvalue weighted by Gasteiger charge is -2.37. The van der Waals surface area contributed by atoms with Gasteiger partial charge in [-0.1, -0.05) is 17.7 Å². The molecule has 2 aliphatic rings. The second-order valence-electron chi connectivity index (χ2n) is 5.49. The highest BCUT2D eigenvalue weighted by molar-refractivity contribution is 5.61. The Morgan fingerprint density at radius 3 is 2.75 bits per heavy atom. The summed E-state index contributed by atoms with van der Waals surface area (Å²) in [7, 11) is 2.23. The fraction of sp³-hybridized carbons (Fsp3) is 0.571. The average molecular weight is 216 g/mol. The lowest BCUT2D eigenvalue weighted by atomic mass is 9.74. The Bertz CT molecular complexity index is 403. The van der Waals surface area contributed by atoms with Crippen LogP contribution in [0.1, 0.15) is 24.0 Å². The van der Waals surface area contributed by atoms with Gasteiger partial charge in [-0.25, -0.2) is 0 Å². The summed E-state index contributed by atoms with van der Waals surface area (Å²) in [5, 5.41) is 3.58. The zero-order valence-corrected chi connectivity index (χ0v) is 10.2. The number of fused-ring (bicyclic) bond motifs is 2. The van der Waals surface area contributed by atoms with Crippen molar-refractivity contribution in [2.24, 2.45) is 0 Å². The lowest BCUT2D eigenvalue weighted by Crippen LogP contribution is -2.42. The minimum atomic E-state index is 0.424. The van der Waals surface area contributed by atoms with Crippen LogP contribution in [0.25, 0.3) is 0 Å². The Morgan fingerprint density at radius 1 is 1.25 bits per heavy atom. The molecular weight excluding hydrogens is 196 g/mol. The molecule has 0 atom stereocenters. The molecule has 0 unspecified atom stereocenters. The second-order valence-corrected chi connectivity index (χ2v) is 5.49. The lowest BCUT2D eigenvalue weighted by molar-refractivity contribution is 0.200. The molecule has 1 aromatic carbocycles. The maximum atomic E-state index is 3.58. The normalized spacial score (nSPS) is 23.1. The molecule has 16 heavy (non-hydrogen) atoms. The number of anilines is 1. The van der Waals surface area contributed by atoms with Crippen molar-refractivity contribution in [1.29, 1.82) is 0 Å². The van der Waals surface area contributed by atoms with E-state index in [1.54, 1.807) is 5.56 Å². The maximum absolute atomic E-state index is 3.58. The number of hydrogen-bond acceptors (Lipinski definition) is 2. The molecular formula is C14H20N2. The fourth-order valence-corrected chi connectivity index (χ4v) is 3.10. The van der Waals surface area contributed by atoms with Gasteiger partial charge < -0.3 is 10.2 Å². The van der Waals surface area contributed by atoms with Gasteiger partial charge >= 0.3 is 0 Å². The van der Waals surface area contributed by atoms with Crippen molar-refractivity contribution in [3.8, 4) is 0 Å². The summed E-state index contributed by atoms with van der Waals surface area (Å²) in [6, 6.07) is 6.85. The summed E-state index contributed by atoms with van der Waals surface area (Å²) in [4.78, 5) is 2.44. The first kappa shape index (κ1) is 10.2. The van der Waals surface area contributed by atoms with E-state index in [1.165, 1.54) is 37.2 Å². The summed E-state index contributed by atoms with van der Waals surface area (Å²) in [6.45, 7) is 5.80. The van der Waals surface area contributed by atoms with E-state index >= 15 is 0 Å². The first-order chi connectivity index (χ1) is 7.70. The minimum Gasteiger partial charge on any atom is -0.384 e. The molecule has 86 valence electrons. The van der Waals surface area contributed by atoms with E-state index in [1.807, 2.05) is 0 Å². The maximum Gasteiger partial charge on any atom is 0.0379 e. The van der Waals surface area contributed by atoms with Gasteiger partial charge in [0.05, 0.1) is 0 Å². The Hall–Kier alpha value is -1.02. The number of aryl methyl sites for hydroxylation is 1. The highest BCUT2D eigenvalue weighted by atomic mass is 15.1. The molecule has 0 saturated carbocycles. The topological polar surface area (TPSA) is 15.3 Å². The number of nitrogens with zero attached hydrogens (tertiary/aromatic N) is 1. The predicted molar refractivity (Wildman–Crippen MR) is 68.1 cm³/mol. The van der Waals surface area contributed by atoms with Gasteiger partial charge in [-0.3, -0.25) is 0 Å². The molecule has 0 radical (unpaired) electrons. The zero-order valence-electron chi connectivity index (χ0n) is 10.2. The Kier molecular flexibility index (Phi) is 2.21. The van der Waals surface area contributed by atoms with Gasteiger partial charge in [0.2, 0.25) is 0 Å². The van der Waals surface area contributed by atoms with Crippen LogP contribution in [0.3, 0.4) is 0 Å². The quantitative estimate of drug-likeness (QED) is 0.716. The number of piperidine rings is 1. The molecule has 1 fully saturated rings. The van der Waals surface area contributed by atoms with Gasteiger partial charge in [-0.15, -0.1) is 0 Å². The van der Waals surface area contributed by atoms with Crippen LogP contribution < -0.4 is 5.32 Å². The standard InChI is InChI=1S/C14H20N2/c1-11-3-4-13-12(9-11)14(10-15-13)5-7-16(2)8-6-14/h3-4,9,15H,5-8,10H2,1-2H3. The molecule has 0 bridgehead atoms. The Balaban J connectivity index is 1.98. The summed E-state index contributed by atoms with van der Waals surface area (Å²) >= 11 is 0. The highest BCUT2D eigenvalue weighted by Crippen LogP contribution is 2.43. The molecule has 2 heterocycles. The molecule has 2 nitrogen and oxygen atoms in total. The van der Waals surface area contributed by atoms with Gasteiger partial charge in [0.15, 0.2) is 0 Å². The predicted octanol–water partition coefficient (Wildman–Crippen LogP) is 2.38. The molecule has 1 N–H and O–H groups in total. The van der Waals surface area contributed by atoms with Gasteiger partial charge in [0.25, 0.3) is 0 Å². The molecule has 2 aliphatic heterocycles. The van der Waals surface area contributed by atoms with Crippen LogP contribution in [0.15, 0.2) is 18.2 Å². The van der Waals surface area contributed by atoms with Crippen molar-refractivity contribution >= 4 is 5.69 Å². The van der Waals surface area contributed by atoms with E-state index in [-0.39, 0.29) is 0 Å². The van der Waals surface area contributed by atoms with Crippen LogP contribution in [0, 0.1) is 6.92 Å². The highest BCUT2D eigenvalue weighted by Gasteiger charge is 2.40. The number of nitrogens with one attached hydrogen (secondary N) is 1. The Labute approximate surface area is 97.6 Å². The van der Waals surface area contributed by atoms with Crippen LogP contribution in [0.2, 0.25) is 0 Å². The van der Waals surface area contributed by atoms with Crippen LogP contribution in [0.5, 0.6) is 0 Å². The number of likely N-dealkylation sites (tertiary alicyclic amines) is 1. The summed E-state index contributed by atoms with van der Waals surface area (Å²) in [6.07, 6.45) is 2.60. The van der Waals surface area contributed by atoms with E-state index in [0.717, 1.165) is 6.54 Å². The van der Waals surface area contributed by atoms with E-state index in [9.17, 15) is 0 Å². The van der Waals surface area contributed by atoms with Crippen molar-refractivity contribution < 1.29 is 0 Å². The van der Waals surface area contributed by atoms with E-state index in [4.69, 9.17) is 0 Å². The monoisotopic (exact) mass is 216 g/mol. The second kappa shape index (κ2) is 3.49. The zero-order chi connectivity index (χ0) is 11.2. The third kappa shape index (κ3) is 1.44. The van der Waals surface area contributed by atoms with Gasteiger partial charge in [0, 0.05) is 17.6 Å². The average Bonchev–Trinajstić information content (AvgIpc) is 2.62. The Morgan fingerprint density at radius 2 is 2.00 bits per heavy atom. The number of hydrogen-bond donors (Lipinski definition) is 1. The van der Waals surface area contributed by atoms with E-state index < -0.39 is 0 Å². The first-order valence-corrected chi connectivity index (χ1v) is 6.23. The molecule has 0 aromatic heterocycles. The van der Waals surface area contributed by atoms with Crippen molar-refractivity contribution in [3.05, 3.63) is 29.3 Å². The van der Waals surface area contributed by atoms with Crippen LogP contribution in [0.4, 0.5) is 5.69 Å². The minimum absolute atomic E-state index is 0.424. The van der Waals surface area contributed by atoms with Crippen LogP contribution in [-0.2, 0) is 5.41 Å². The molecule has 3 rings (SSSR count). The van der Waals surface area contributed by atoms with Gasteiger partial charge in [-0.2, -0.15) is 0 Å². The third-order valence-electron chi connectivity index (χ3n) is 4.31. The molecule has 1 aromatic rings. The molecule has 0 aliphatic carbocycles. The number of benzene rings is 1. The van der Waals surface area contributed by atoms with E-state index in [0.29, 0.717) is 5.41 Å². The van der Waals surface area contributed by atoms with Gasteiger partial charge in [0.1, 0.15) is 0 Å². The van der Waals surface area contributed by atoms with Crippen LogP contribution >= 0.6 is 0 Å². The SMILES string of the molecule is Cc1ccc2c(c1)C1(CCN(C)CC1)CN2. The third-order valence-corrected chi connectivity index (χ3v) is 4.31. The summed E-state index contributed by atoms with van der Waals surface area (Å²) in [5.74, 6) is 0.